The van der Waals surface area contributed by atoms with Crippen molar-refractivity contribution < 1.29 is 9.90 Å². The second-order valence-corrected chi connectivity index (χ2v) is 3.08. The Labute approximate surface area is 97.2 Å². The van der Waals surface area contributed by atoms with Crippen molar-refractivity contribution in [2.24, 2.45) is 0 Å². The van der Waals surface area contributed by atoms with Crippen LogP contribution in [-0.2, 0) is 4.79 Å². The van der Waals surface area contributed by atoms with Crippen molar-refractivity contribution in [1.82, 2.24) is 6.15 Å². The third-order valence-electron chi connectivity index (χ3n) is 0.243. The molecule has 3 nitrogen and oxygen atoms in total. The zero-order valence-electron chi connectivity index (χ0n) is 3.70. The predicted molar refractivity (Wildman–Crippen MR) is 41.5 cm³/mol. The number of rotatable bonds is 0. The summed E-state index contributed by atoms with van der Waals surface area (Å²) in [5.74, 6) is -1.46. The van der Waals surface area contributed by atoms with Gasteiger partial charge in [0, 0.05) is 0 Å². The molecular weight excluding hydrogens is 216 g/mol. The number of carboxylic acid groups (broad SMARTS) is 1. The quantitative estimate of drug-likeness (QED) is 0.468. The first-order chi connectivity index (χ1) is 2.94. The molecule has 0 saturated heterocycles. The molecule has 0 unspecified atom stereocenters. The van der Waals surface area contributed by atoms with Gasteiger partial charge < -0.3 is 11.3 Å². The van der Waals surface area contributed by atoms with E-state index in [2.05, 4.69) is 0 Å². The molecule has 54 valence electrons. The number of hydrogen-bond donors (Lipinski definition) is 2. The van der Waals surface area contributed by atoms with Crippen molar-refractivity contribution in [3.8, 4) is 0 Å². The van der Waals surface area contributed by atoms with E-state index in [0.29, 0.717) is 0 Å². The first kappa shape index (κ1) is 16.9. The Kier molecular flexibility index (Phi) is 11.8. The molecule has 0 amide bonds. The molecule has 0 aliphatic carbocycles. The average Bonchev–Trinajstić information content (AvgIpc) is 1.31. The summed E-state index contributed by atoms with van der Waals surface area (Å²) in [6.07, 6.45) is 0. The maximum absolute atomic E-state index is 9.62. The summed E-state index contributed by atoms with van der Waals surface area (Å²) in [5, 5.41) is 7.85. The molecule has 0 spiro atoms. The molecular formula is C2H6CaCl3NO2. The number of alkyl halides is 3. The molecule has 0 aromatic heterocycles. The van der Waals surface area contributed by atoms with Gasteiger partial charge in [0.1, 0.15) is 0 Å². The van der Waals surface area contributed by atoms with Gasteiger partial charge in [-0.2, -0.15) is 0 Å². The fourth-order valence-electron chi connectivity index (χ4n) is 0. The van der Waals surface area contributed by atoms with Crippen molar-refractivity contribution >= 4 is 78.5 Å². The topological polar surface area (TPSA) is 72.3 Å². The molecule has 0 atom stereocenters. The summed E-state index contributed by atoms with van der Waals surface area (Å²) in [4.78, 5) is 9.62. The summed E-state index contributed by atoms with van der Waals surface area (Å²) in [6, 6.07) is 0. The minimum atomic E-state index is -2.17. The second-order valence-electron chi connectivity index (χ2n) is 0.803. The van der Waals surface area contributed by atoms with Gasteiger partial charge in [-0.3, -0.25) is 0 Å². The van der Waals surface area contributed by atoms with E-state index >= 15 is 0 Å². The normalized spacial score (nSPS) is 8.78. The molecule has 0 aliphatic rings. The number of halogens is 3. The van der Waals surface area contributed by atoms with Gasteiger partial charge in [-0.25, -0.2) is 4.79 Å². The van der Waals surface area contributed by atoms with Crippen LogP contribution in [0.25, 0.3) is 0 Å². The first-order valence-electron chi connectivity index (χ1n) is 1.24. The summed E-state index contributed by atoms with van der Waals surface area (Å²) < 4.78 is -2.17. The third-order valence-corrected chi connectivity index (χ3v) is 0.728. The molecule has 0 rings (SSSR count). The fourth-order valence-corrected chi connectivity index (χ4v) is 0. The third kappa shape index (κ3) is 9.56. The van der Waals surface area contributed by atoms with Gasteiger partial charge in [0.15, 0.2) is 0 Å². The maximum atomic E-state index is 9.62. The Morgan fingerprint density at radius 1 is 1.33 bits per heavy atom. The summed E-state index contributed by atoms with van der Waals surface area (Å²) >= 11 is 14.4. The molecule has 9 heavy (non-hydrogen) atoms. The van der Waals surface area contributed by atoms with E-state index in [0.717, 1.165) is 0 Å². The standard InChI is InChI=1S/C2HCl3O2.Ca.H3N.2H/c3-2(4,5)1(6)7;;;;/h(H,6,7);;1H3;;. The molecule has 4 N–H and O–H groups in total. The molecule has 0 aromatic rings. The summed E-state index contributed by atoms with van der Waals surface area (Å²) in [6.45, 7) is 0. The molecule has 0 aliphatic heterocycles. The van der Waals surface area contributed by atoms with Gasteiger partial charge in [0.05, 0.1) is 0 Å². The van der Waals surface area contributed by atoms with E-state index in [4.69, 9.17) is 39.9 Å². The van der Waals surface area contributed by atoms with Gasteiger partial charge in [0.25, 0.3) is 3.79 Å². The fraction of sp³-hybridized carbons (Fsp3) is 0.500. The van der Waals surface area contributed by atoms with Crippen LogP contribution in [0.5, 0.6) is 0 Å². The number of aliphatic carboxylic acids is 1. The van der Waals surface area contributed by atoms with E-state index < -0.39 is 9.76 Å². The van der Waals surface area contributed by atoms with E-state index in [-0.39, 0.29) is 43.9 Å². The van der Waals surface area contributed by atoms with E-state index in [1.807, 2.05) is 0 Å². The Morgan fingerprint density at radius 2 is 1.44 bits per heavy atom. The van der Waals surface area contributed by atoms with Crippen molar-refractivity contribution in [3.63, 3.8) is 0 Å². The monoisotopic (exact) mass is 221 g/mol. The number of carboxylic acids is 1. The van der Waals surface area contributed by atoms with Crippen LogP contribution >= 0.6 is 34.8 Å². The van der Waals surface area contributed by atoms with Crippen molar-refractivity contribution in [2.45, 2.75) is 3.79 Å². The van der Waals surface area contributed by atoms with Crippen molar-refractivity contribution in [2.75, 3.05) is 0 Å². The Bertz CT molecular complexity index is 92.3. The van der Waals surface area contributed by atoms with Crippen LogP contribution in [0.1, 0.15) is 0 Å². The average molecular weight is 223 g/mol. The second kappa shape index (κ2) is 6.28. The zero-order valence-corrected chi connectivity index (χ0v) is 5.96. The van der Waals surface area contributed by atoms with Crippen LogP contribution in [0.3, 0.4) is 0 Å². The van der Waals surface area contributed by atoms with Crippen LogP contribution in [0.2, 0.25) is 0 Å². The Morgan fingerprint density at radius 3 is 1.44 bits per heavy atom. The Hall–Kier alpha value is 1.56. The molecule has 0 radical (unpaired) electrons. The zero-order chi connectivity index (χ0) is 6.08. The van der Waals surface area contributed by atoms with Crippen LogP contribution in [-0.4, -0.2) is 52.6 Å². The van der Waals surface area contributed by atoms with Crippen molar-refractivity contribution in [1.29, 1.82) is 0 Å². The van der Waals surface area contributed by atoms with E-state index in [1.165, 1.54) is 0 Å². The van der Waals surface area contributed by atoms with Gasteiger partial charge in [-0.1, -0.05) is 34.8 Å². The van der Waals surface area contributed by atoms with Crippen molar-refractivity contribution in [3.05, 3.63) is 0 Å². The van der Waals surface area contributed by atoms with Crippen LogP contribution < -0.4 is 6.15 Å². The molecule has 0 aromatic carbocycles. The van der Waals surface area contributed by atoms with Crippen LogP contribution in [0.4, 0.5) is 0 Å². The molecule has 0 heterocycles. The molecule has 0 bridgehead atoms. The van der Waals surface area contributed by atoms with Crippen LogP contribution in [0, 0.1) is 0 Å². The predicted octanol–water partition coefficient (Wildman–Crippen LogP) is 0.687. The number of carbonyl (C=O) groups is 1. The van der Waals surface area contributed by atoms with Gasteiger partial charge >= 0.3 is 43.7 Å². The van der Waals surface area contributed by atoms with Crippen LogP contribution in [0.15, 0.2) is 0 Å². The summed E-state index contributed by atoms with van der Waals surface area (Å²) in [7, 11) is 0. The van der Waals surface area contributed by atoms with Gasteiger partial charge in [-0.15, -0.1) is 0 Å². The van der Waals surface area contributed by atoms with Gasteiger partial charge in [-0.05, 0) is 0 Å². The minimum absolute atomic E-state index is 0. The van der Waals surface area contributed by atoms with E-state index in [1.54, 1.807) is 0 Å². The van der Waals surface area contributed by atoms with E-state index in [9.17, 15) is 4.79 Å². The molecule has 7 heteroatoms. The summed E-state index contributed by atoms with van der Waals surface area (Å²) in [5.41, 5.74) is 0. The first-order valence-corrected chi connectivity index (χ1v) is 2.38. The Balaban J connectivity index is -0.000000180. The number of hydrogen-bond acceptors (Lipinski definition) is 2. The molecule has 0 fully saturated rings. The molecule has 0 saturated carbocycles. The van der Waals surface area contributed by atoms with Gasteiger partial charge in [0.2, 0.25) is 0 Å². The SMILES string of the molecule is N.O=C(O)C(Cl)(Cl)Cl.[CaH2].